The lowest BCUT2D eigenvalue weighted by Gasteiger charge is -2.28. The number of anilines is 1. The smallest absolute Gasteiger partial charge is 0.232 e. The Hall–Kier alpha value is -2.71. The van der Waals surface area contributed by atoms with Crippen LogP contribution in [-0.4, -0.2) is 52.1 Å². The average molecular weight is 427 g/mol. The van der Waals surface area contributed by atoms with E-state index in [9.17, 15) is 9.18 Å². The van der Waals surface area contributed by atoms with Gasteiger partial charge in [-0.05, 0) is 50.2 Å². The number of rotatable bonds is 6. The molecule has 2 heterocycles. The number of carbonyl (C=O) groups excluding carboxylic acids is 1. The molecule has 1 aliphatic heterocycles. The number of halogens is 1. The molecule has 6 nitrogen and oxygen atoms in total. The van der Waals surface area contributed by atoms with Gasteiger partial charge in [0.25, 0.3) is 0 Å². The predicted molar refractivity (Wildman–Crippen MR) is 115 cm³/mol. The number of hydrogen-bond acceptors (Lipinski definition) is 6. The largest absolute Gasteiger partial charge is 0.378 e. The molecule has 3 aromatic rings. The minimum absolute atomic E-state index is 0.0774. The minimum atomic E-state index is -0.401. The van der Waals surface area contributed by atoms with Crippen LogP contribution in [0.5, 0.6) is 0 Å². The van der Waals surface area contributed by atoms with E-state index in [4.69, 9.17) is 4.74 Å². The van der Waals surface area contributed by atoms with Crippen LogP contribution in [0, 0.1) is 12.7 Å². The Morgan fingerprint density at radius 3 is 2.40 bits per heavy atom. The maximum atomic E-state index is 13.2. The van der Waals surface area contributed by atoms with Crippen LogP contribution in [0.3, 0.4) is 0 Å². The lowest BCUT2D eigenvalue weighted by atomic mass is 10.1. The van der Waals surface area contributed by atoms with Crippen molar-refractivity contribution in [1.29, 1.82) is 0 Å². The van der Waals surface area contributed by atoms with Crippen LogP contribution in [0.15, 0.2) is 53.7 Å². The Balaban J connectivity index is 1.65. The van der Waals surface area contributed by atoms with Crippen molar-refractivity contribution in [3.8, 4) is 5.69 Å². The Bertz CT molecular complexity index is 1010. The molecule has 156 valence electrons. The summed E-state index contributed by atoms with van der Waals surface area (Å²) in [4.78, 5) is 15.0. The van der Waals surface area contributed by atoms with Gasteiger partial charge in [0.15, 0.2) is 10.9 Å². The van der Waals surface area contributed by atoms with Crippen LogP contribution in [0.4, 0.5) is 10.3 Å². The third-order valence-electron chi connectivity index (χ3n) is 4.98. The van der Waals surface area contributed by atoms with Crippen molar-refractivity contribution in [1.82, 2.24) is 14.8 Å². The highest BCUT2D eigenvalue weighted by molar-refractivity contribution is 8.00. The maximum absolute atomic E-state index is 13.2. The Morgan fingerprint density at radius 2 is 1.73 bits per heavy atom. The van der Waals surface area contributed by atoms with E-state index in [2.05, 4.69) is 15.1 Å². The van der Waals surface area contributed by atoms with Gasteiger partial charge in [-0.3, -0.25) is 9.36 Å². The highest BCUT2D eigenvalue weighted by Crippen LogP contribution is 2.31. The molecular weight excluding hydrogens is 403 g/mol. The number of ether oxygens (including phenoxy) is 1. The second-order valence-corrected chi connectivity index (χ2v) is 8.49. The highest BCUT2D eigenvalue weighted by atomic mass is 32.2. The zero-order valence-corrected chi connectivity index (χ0v) is 17.7. The Morgan fingerprint density at radius 1 is 1.07 bits per heavy atom. The van der Waals surface area contributed by atoms with Crippen molar-refractivity contribution in [2.75, 3.05) is 31.2 Å². The number of thioether (sulfide) groups is 1. The van der Waals surface area contributed by atoms with Gasteiger partial charge in [0.2, 0.25) is 5.95 Å². The van der Waals surface area contributed by atoms with Crippen LogP contribution < -0.4 is 4.90 Å². The number of aryl methyl sites for hydroxylation is 1. The summed E-state index contributed by atoms with van der Waals surface area (Å²) in [5.74, 6) is 0.304. The van der Waals surface area contributed by atoms with E-state index in [0.29, 0.717) is 23.9 Å². The molecular formula is C22H23FN4O2S. The fourth-order valence-electron chi connectivity index (χ4n) is 3.29. The topological polar surface area (TPSA) is 60.2 Å². The van der Waals surface area contributed by atoms with E-state index in [0.717, 1.165) is 30.3 Å². The molecule has 0 radical (unpaired) electrons. The van der Waals surface area contributed by atoms with Gasteiger partial charge >= 0.3 is 0 Å². The van der Waals surface area contributed by atoms with Crippen molar-refractivity contribution in [2.24, 2.45) is 0 Å². The van der Waals surface area contributed by atoms with Gasteiger partial charge in [-0.15, -0.1) is 10.2 Å². The van der Waals surface area contributed by atoms with Crippen LogP contribution in [0.2, 0.25) is 0 Å². The number of carbonyl (C=O) groups is 1. The van der Waals surface area contributed by atoms with Crippen LogP contribution >= 0.6 is 11.8 Å². The summed E-state index contributed by atoms with van der Waals surface area (Å²) >= 11 is 1.35. The van der Waals surface area contributed by atoms with E-state index in [1.54, 1.807) is 0 Å². The monoisotopic (exact) mass is 426 g/mol. The number of benzene rings is 2. The maximum Gasteiger partial charge on any atom is 0.232 e. The summed E-state index contributed by atoms with van der Waals surface area (Å²) in [6.45, 7) is 6.62. The van der Waals surface area contributed by atoms with Gasteiger partial charge in [0.05, 0.1) is 24.2 Å². The van der Waals surface area contributed by atoms with Crippen molar-refractivity contribution in [3.05, 3.63) is 65.5 Å². The van der Waals surface area contributed by atoms with E-state index in [-0.39, 0.29) is 11.6 Å². The Kier molecular flexibility index (Phi) is 6.15. The standard InChI is InChI=1S/C22H23FN4O2S/c1-15-3-9-19(10-4-15)27-21(26-11-13-29-14-12-26)24-25-22(27)30-16(2)20(28)17-5-7-18(23)8-6-17/h3-10,16H,11-14H2,1-2H3. The van der Waals surface area contributed by atoms with Gasteiger partial charge < -0.3 is 9.64 Å². The fraction of sp³-hybridized carbons (Fsp3) is 0.318. The first-order valence-electron chi connectivity index (χ1n) is 9.84. The van der Waals surface area contributed by atoms with E-state index in [1.165, 1.54) is 36.0 Å². The first-order chi connectivity index (χ1) is 14.5. The number of Topliss-reactive ketones (excluding diaryl/α,β-unsaturated/α-hetero) is 1. The molecule has 4 rings (SSSR count). The zero-order valence-electron chi connectivity index (χ0n) is 16.9. The number of ketones is 1. The highest BCUT2D eigenvalue weighted by Gasteiger charge is 2.25. The first-order valence-corrected chi connectivity index (χ1v) is 10.7. The normalized spacial score (nSPS) is 15.2. The molecule has 0 N–H and O–H groups in total. The van der Waals surface area contributed by atoms with E-state index < -0.39 is 5.25 Å². The molecule has 2 aromatic carbocycles. The summed E-state index contributed by atoms with van der Waals surface area (Å²) in [6, 6.07) is 13.8. The molecule has 0 amide bonds. The number of hydrogen-bond donors (Lipinski definition) is 0. The van der Waals surface area contributed by atoms with Crippen LogP contribution in [0.25, 0.3) is 5.69 Å². The average Bonchev–Trinajstić information content (AvgIpc) is 3.18. The summed E-state index contributed by atoms with van der Waals surface area (Å²) in [5, 5.41) is 9.08. The second kappa shape index (κ2) is 8.97. The molecule has 0 saturated carbocycles. The molecule has 8 heteroatoms. The predicted octanol–water partition coefficient (Wildman–Crippen LogP) is 3.91. The fourth-order valence-corrected chi connectivity index (χ4v) is 4.23. The summed E-state index contributed by atoms with van der Waals surface area (Å²) in [7, 11) is 0. The van der Waals surface area contributed by atoms with Crippen molar-refractivity contribution < 1.29 is 13.9 Å². The van der Waals surface area contributed by atoms with Crippen molar-refractivity contribution in [3.63, 3.8) is 0 Å². The van der Waals surface area contributed by atoms with Crippen molar-refractivity contribution in [2.45, 2.75) is 24.3 Å². The minimum Gasteiger partial charge on any atom is -0.378 e. The number of morpholine rings is 1. The van der Waals surface area contributed by atoms with Crippen molar-refractivity contribution >= 4 is 23.5 Å². The Labute approximate surface area is 179 Å². The molecule has 1 fully saturated rings. The number of nitrogens with zero attached hydrogens (tertiary/aromatic N) is 4. The van der Waals surface area contributed by atoms with Gasteiger partial charge in [-0.1, -0.05) is 29.5 Å². The van der Waals surface area contributed by atoms with Gasteiger partial charge in [0.1, 0.15) is 5.82 Å². The van der Waals surface area contributed by atoms with Crippen LogP contribution in [0.1, 0.15) is 22.8 Å². The van der Waals surface area contributed by atoms with Gasteiger partial charge in [-0.2, -0.15) is 0 Å². The first kappa shape index (κ1) is 20.6. The molecule has 0 bridgehead atoms. The quantitative estimate of drug-likeness (QED) is 0.440. The third-order valence-corrected chi connectivity index (χ3v) is 6.03. The number of aromatic nitrogens is 3. The lowest BCUT2D eigenvalue weighted by Crippen LogP contribution is -2.37. The summed E-state index contributed by atoms with van der Waals surface area (Å²) in [5.41, 5.74) is 2.58. The molecule has 1 saturated heterocycles. The summed E-state index contributed by atoms with van der Waals surface area (Å²) in [6.07, 6.45) is 0. The molecule has 1 unspecified atom stereocenters. The van der Waals surface area contributed by atoms with E-state index in [1.807, 2.05) is 42.7 Å². The van der Waals surface area contributed by atoms with Crippen LogP contribution in [-0.2, 0) is 4.74 Å². The lowest BCUT2D eigenvalue weighted by molar-refractivity contribution is 0.0994. The molecule has 1 aliphatic rings. The van der Waals surface area contributed by atoms with Gasteiger partial charge in [-0.25, -0.2) is 4.39 Å². The molecule has 30 heavy (non-hydrogen) atoms. The second-order valence-electron chi connectivity index (χ2n) is 7.18. The van der Waals surface area contributed by atoms with E-state index >= 15 is 0 Å². The molecule has 0 aliphatic carbocycles. The third kappa shape index (κ3) is 4.39. The zero-order chi connectivity index (χ0) is 21.1. The van der Waals surface area contributed by atoms with Gasteiger partial charge in [0, 0.05) is 18.7 Å². The molecule has 1 aromatic heterocycles. The molecule has 1 atom stereocenters. The summed E-state index contributed by atoms with van der Waals surface area (Å²) < 4.78 is 20.7. The molecule has 0 spiro atoms. The SMILES string of the molecule is Cc1ccc(-n2c(SC(C)C(=O)c3ccc(F)cc3)nnc2N2CCOCC2)cc1.